The molecule has 0 bridgehead atoms. The van der Waals surface area contributed by atoms with E-state index in [2.05, 4.69) is 32.4 Å². The monoisotopic (exact) mass is 234 g/mol. The van der Waals surface area contributed by atoms with Crippen LogP contribution in [0.5, 0.6) is 0 Å². The molecule has 0 saturated carbocycles. The van der Waals surface area contributed by atoms with Gasteiger partial charge in [-0.1, -0.05) is 0 Å². The highest BCUT2D eigenvalue weighted by molar-refractivity contribution is 5.45. The molecule has 2 aromatic heterocycles. The fraction of sp³-hybridized carbons (Fsp3) is 0.500. The molecule has 1 saturated heterocycles. The van der Waals surface area contributed by atoms with Crippen molar-refractivity contribution in [1.82, 2.24) is 25.1 Å². The van der Waals surface area contributed by atoms with Crippen LogP contribution >= 0.6 is 0 Å². The van der Waals surface area contributed by atoms with E-state index in [1.54, 1.807) is 6.07 Å². The molecule has 1 aliphatic rings. The Morgan fingerprint density at radius 1 is 1.47 bits per heavy atom. The molecule has 2 N–H and O–H groups in total. The second-order valence-electron chi connectivity index (χ2n) is 4.29. The van der Waals surface area contributed by atoms with Crippen LogP contribution in [-0.2, 0) is 0 Å². The first-order valence-electron chi connectivity index (χ1n) is 5.67. The van der Waals surface area contributed by atoms with Crippen molar-refractivity contribution in [3.8, 4) is 0 Å². The van der Waals surface area contributed by atoms with Gasteiger partial charge >= 0.3 is 5.69 Å². The van der Waals surface area contributed by atoms with Gasteiger partial charge in [0.05, 0.1) is 0 Å². The Hall–Kier alpha value is -1.89. The highest BCUT2D eigenvalue weighted by atomic mass is 16.2. The van der Waals surface area contributed by atoms with Gasteiger partial charge in [0, 0.05) is 25.7 Å². The lowest BCUT2D eigenvalue weighted by atomic mass is 10.2. The molecule has 0 radical (unpaired) electrons. The van der Waals surface area contributed by atoms with Crippen molar-refractivity contribution in [2.45, 2.75) is 13.0 Å². The largest absolute Gasteiger partial charge is 0.364 e. The maximum absolute atomic E-state index is 11.4. The molecule has 3 rings (SSSR count). The number of fused-ring (bicyclic) bond motifs is 1. The Bertz CT molecular complexity index is 588. The molecule has 1 fully saturated rings. The third kappa shape index (κ3) is 1.78. The molecule has 3 heterocycles. The normalized spacial score (nSPS) is 21.0. The first-order chi connectivity index (χ1) is 8.24. The Morgan fingerprint density at radius 3 is 3.18 bits per heavy atom. The van der Waals surface area contributed by atoms with Gasteiger partial charge in [0.25, 0.3) is 0 Å². The van der Waals surface area contributed by atoms with Crippen molar-refractivity contribution in [3.63, 3.8) is 0 Å². The molecule has 0 amide bonds. The summed E-state index contributed by atoms with van der Waals surface area (Å²) >= 11 is 0. The zero-order valence-electron chi connectivity index (χ0n) is 9.55. The Balaban J connectivity index is 1.99. The molecule has 0 spiro atoms. The van der Waals surface area contributed by atoms with Gasteiger partial charge in [-0.2, -0.15) is 9.61 Å². The average Bonchev–Trinajstić information content (AvgIpc) is 2.71. The van der Waals surface area contributed by atoms with Crippen LogP contribution in [0.2, 0.25) is 0 Å². The predicted octanol–water partition coefficient (Wildman–Crippen LogP) is -0.784. The van der Waals surface area contributed by atoms with E-state index in [9.17, 15) is 4.79 Å². The molecular formula is C10H14N6O. The Morgan fingerprint density at radius 2 is 2.35 bits per heavy atom. The smallest absolute Gasteiger partial charge is 0.352 e. The molecule has 2 aromatic rings. The lowest BCUT2D eigenvalue weighted by Gasteiger charge is -2.32. The third-order valence-electron chi connectivity index (χ3n) is 2.95. The number of nitrogens with one attached hydrogen (secondary N) is 2. The second kappa shape index (κ2) is 3.85. The minimum Gasteiger partial charge on any atom is -0.352 e. The maximum Gasteiger partial charge on any atom is 0.364 e. The Labute approximate surface area is 97.4 Å². The zero-order valence-corrected chi connectivity index (χ0v) is 9.55. The summed E-state index contributed by atoms with van der Waals surface area (Å²) in [6.07, 6.45) is 0. The number of hydrogen-bond donors (Lipinski definition) is 2. The highest BCUT2D eigenvalue weighted by Crippen LogP contribution is 2.12. The van der Waals surface area contributed by atoms with E-state index in [1.807, 2.05) is 6.07 Å². The average molecular weight is 234 g/mol. The predicted molar refractivity (Wildman–Crippen MR) is 63.3 cm³/mol. The van der Waals surface area contributed by atoms with E-state index >= 15 is 0 Å². The molecule has 0 unspecified atom stereocenters. The number of rotatable bonds is 1. The van der Waals surface area contributed by atoms with Crippen LogP contribution in [0, 0.1) is 0 Å². The quantitative estimate of drug-likeness (QED) is 0.676. The molecule has 0 aromatic carbocycles. The van der Waals surface area contributed by atoms with Gasteiger partial charge in [0.1, 0.15) is 5.82 Å². The lowest BCUT2D eigenvalue weighted by molar-refractivity contribution is 0.480. The highest BCUT2D eigenvalue weighted by Gasteiger charge is 2.17. The molecule has 1 aliphatic heterocycles. The summed E-state index contributed by atoms with van der Waals surface area (Å²) < 4.78 is 1.29. The molecular weight excluding hydrogens is 220 g/mol. The van der Waals surface area contributed by atoms with Crippen LogP contribution in [0.15, 0.2) is 16.9 Å². The van der Waals surface area contributed by atoms with Crippen LogP contribution in [0.3, 0.4) is 0 Å². The van der Waals surface area contributed by atoms with Crippen molar-refractivity contribution < 1.29 is 0 Å². The van der Waals surface area contributed by atoms with Crippen LogP contribution in [0.1, 0.15) is 6.92 Å². The zero-order chi connectivity index (χ0) is 11.8. The topological polar surface area (TPSA) is 78.3 Å². The van der Waals surface area contributed by atoms with E-state index in [0.29, 0.717) is 11.7 Å². The van der Waals surface area contributed by atoms with Gasteiger partial charge in [-0.05, 0) is 19.1 Å². The van der Waals surface area contributed by atoms with Crippen LogP contribution in [0.4, 0.5) is 5.82 Å². The molecule has 1 atom stereocenters. The summed E-state index contributed by atoms with van der Waals surface area (Å²) in [5.41, 5.74) is 0.243. The second-order valence-corrected chi connectivity index (χ2v) is 4.29. The molecule has 17 heavy (non-hydrogen) atoms. The summed E-state index contributed by atoms with van der Waals surface area (Å²) in [5.74, 6) is 0.814. The third-order valence-corrected chi connectivity index (χ3v) is 2.95. The summed E-state index contributed by atoms with van der Waals surface area (Å²) in [5, 5.41) is 13.9. The van der Waals surface area contributed by atoms with Gasteiger partial charge in [0.2, 0.25) is 0 Å². The van der Waals surface area contributed by atoms with Crippen molar-refractivity contribution in [3.05, 3.63) is 22.6 Å². The van der Waals surface area contributed by atoms with E-state index in [1.165, 1.54) is 4.52 Å². The first-order valence-corrected chi connectivity index (χ1v) is 5.67. The number of nitrogens with zero attached hydrogens (tertiary/aromatic N) is 4. The summed E-state index contributed by atoms with van der Waals surface area (Å²) in [4.78, 5) is 13.6. The van der Waals surface area contributed by atoms with Gasteiger partial charge in [0.15, 0.2) is 5.65 Å². The first kappa shape index (κ1) is 10.3. The number of piperazine rings is 1. The van der Waals surface area contributed by atoms with Gasteiger partial charge in [-0.15, -0.1) is 5.10 Å². The minimum atomic E-state index is -0.301. The number of aromatic amines is 1. The van der Waals surface area contributed by atoms with Crippen LogP contribution in [0.25, 0.3) is 5.65 Å². The van der Waals surface area contributed by atoms with Gasteiger partial charge < -0.3 is 10.2 Å². The maximum atomic E-state index is 11.4. The summed E-state index contributed by atoms with van der Waals surface area (Å²) in [7, 11) is 0. The molecule has 90 valence electrons. The summed E-state index contributed by atoms with van der Waals surface area (Å²) in [6.45, 7) is 4.86. The minimum absolute atomic E-state index is 0.301. The SMILES string of the molecule is C[C@@H]1CN(c2ccc3n[nH]c(=O)n3n2)CCN1. The van der Waals surface area contributed by atoms with Crippen molar-refractivity contribution in [1.29, 1.82) is 0 Å². The fourth-order valence-corrected chi connectivity index (χ4v) is 2.10. The fourth-order valence-electron chi connectivity index (χ4n) is 2.10. The van der Waals surface area contributed by atoms with Crippen molar-refractivity contribution in [2.24, 2.45) is 0 Å². The van der Waals surface area contributed by atoms with E-state index in [0.717, 1.165) is 25.5 Å². The molecule has 7 nitrogen and oxygen atoms in total. The lowest BCUT2D eigenvalue weighted by Crippen LogP contribution is -2.49. The van der Waals surface area contributed by atoms with Crippen molar-refractivity contribution >= 4 is 11.5 Å². The number of hydrogen-bond acceptors (Lipinski definition) is 5. The number of H-pyrrole nitrogens is 1. The van der Waals surface area contributed by atoms with E-state index in [-0.39, 0.29) is 5.69 Å². The number of aromatic nitrogens is 4. The van der Waals surface area contributed by atoms with Gasteiger partial charge in [-0.25, -0.2) is 9.89 Å². The molecule has 0 aliphatic carbocycles. The number of anilines is 1. The van der Waals surface area contributed by atoms with Crippen molar-refractivity contribution in [2.75, 3.05) is 24.5 Å². The van der Waals surface area contributed by atoms with Gasteiger partial charge in [-0.3, -0.25) is 0 Å². The van der Waals surface area contributed by atoms with Crippen LogP contribution < -0.4 is 15.9 Å². The standard InChI is InChI=1S/C10H14N6O/c1-7-6-15(5-4-11-7)9-3-2-8-12-13-10(17)16(8)14-9/h2-3,7,11H,4-6H2,1H3,(H,13,17)/t7-/m1/s1. The molecule has 7 heteroatoms. The van der Waals surface area contributed by atoms with Crippen LogP contribution in [-0.4, -0.2) is 45.5 Å². The Kier molecular flexibility index (Phi) is 2.32. The summed E-state index contributed by atoms with van der Waals surface area (Å²) in [6, 6.07) is 4.13. The van der Waals surface area contributed by atoms with E-state index in [4.69, 9.17) is 0 Å². The van der Waals surface area contributed by atoms with E-state index < -0.39 is 0 Å².